The minimum absolute atomic E-state index is 0.665. The maximum absolute atomic E-state index is 6.07. The van der Waals surface area contributed by atoms with Gasteiger partial charge in [0.05, 0.1) is 14.2 Å². The van der Waals surface area contributed by atoms with Crippen LogP contribution in [-0.4, -0.2) is 38.8 Å². The molecule has 0 saturated heterocycles. The fourth-order valence-corrected chi connectivity index (χ4v) is 2.27. The van der Waals surface area contributed by atoms with E-state index >= 15 is 0 Å². The van der Waals surface area contributed by atoms with Crippen molar-refractivity contribution < 1.29 is 9.47 Å². The van der Waals surface area contributed by atoms with E-state index in [1.165, 1.54) is 0 Å². The Bertz CT molecular complexity index is 462. The summed E-state index contributed by atoms with van der Waals surface area (Å²) in [7, 11) is 3.24. The summed E-state index contributed by atoms with van der Waals surface area (Å²) in [6.07, 6.45) is 5.74. The number of aryl methyl sites for hydroxylation is 1. The Labute approximate surface area is 127 Å². The molecule has 0 unspecified atom stereocenters. The molecule has 0 fully saturated rings. The van der Waals surface area contributed by atoms with E-state index in [0.717, 1.165) is 49.5 Å². The number of nitrogens with two attached hydrogens (primary N) is 1. The molecule has 0 spiro atoms. The van der Waals surface area contributed by atoms with Crippen LogP contribution in [0.5, 0.6) is 11.5 Å². The maximum atomic E-state index is 6.07. The molecule has 0 aliphatic rings. The van der Waals surface area contributed by atoms with E-state index in [2.05, 4.69) is 18.1 Å². The summed E-state index contributed by atoms with van der Waals surface area (Å²) in [4.78, 5) is 2.29. The first-order valence-corrected chi connectivity index (χ1v) is 7.10. The highest BCUT2D eigenvalue weighted by atomic mass is 16.5. The van der Waals surface area contributed by atoms with Gasteiger partial charge in [0, 0.05) is 24.8 Å². The molecule has 4 nitrogen and oxygen atoms in total. The molecule has 1 aromatic carbocycles. The molecule has 21 heavy (non-hydrogen) atoms. The maximum Gasteiger partial charge on any atom is 0.162 e. The van der Waals surface area contributed by atoms with Crippen molar-refractivity contribution >= 4 is 5.69 Å². The zero-order chi connectivity index (χ0) is 15.7. The van der Waals surface area contributed by atoms with Crippen molar-refractivity contribution in [3.63, 3.8) is 0 Å². The van der Waals surface area contributed by atoms with Gasteiger partial charge >= 0.3 is 0 Å². The van der Waals surface area contributed by atoms with Crippen LogP contribution < -0.4 is 15.2 Å². The Kier molecular flexibility index (Phi) is 7.40. The van der Waals surface area contributed by atoms with Crippen molar-refractivity contribution in [1.29, 1.82) is 0 Å². The number of ether oxygens (including phenoxy) is 2. The molecular weight excluding hydrogens is 264 g/mol. The van der Waals surface area contributed by atoms with E-state index in [1.807, 2.05) is 24.3 Å². The van der Waals surface area contributed by atoms with Gasteiger partial charge in [-0.15, -0.1) is 13.2 Å². The van der Waals surface area contributed by atoms with Crippen molar-refractivity contribution in [1.82, 2.24) is 4.90 Å². The Morgan fingerprint density at radius 2 is 1.67 bits per heavy atom. The molecule has 2 N–H and O–H groups in total. The molecule has 0 aliphatic carbocycles. The SMILES string of the molecule is C=CCN(CC=C)CCCc1cc(OC)c(OC)cc1N. The number of nitrogen functional groups attached to an aromatic ring is 1. The van der Waals surface area contributed by atoms with Crippen molar-refractivity contribution in [2.45, 2.75) is 12.8 Å². The number of nitrogens with zero attached hydrogens (tertiary/aromatic N) is 1. The first-order chi connectivity index (χ1) is 10.2. The molecule has 0 amide bonds. The highest BCUT2D eigenvalue weighted by molar-refractivity contribution is 5.58. The molecular formula is C17H26N2O2. The lowest BCUT2D eigenvalue weighted by Gasteiger charge is -2.19. The van der Waals surface area contributed by atoms with E-state index < -0.39 is 0 Å². The fraction of sp³-hybridized carbons (Fsp3) is 0.412. The third-order valence-electron chi connectivity index (χ3n) is 3.34. The second kappa shape index (κ2) is 9.08. The second-order valence-electron chi connectivity index (χ2n) is 4.85. The molecule has 0 saturated carbocycles. The standard InChI is InChI=1S/C17H26N2O2/c1-5-9-19(10-6-2)11-7-8-14-12-16(20-3)17(21-4)13-15(14)18/h5-6,12-13H,1-2,7-11,18H2,3-4H3. The molecule has 0 bridgehead atoms. The van der Waals surface area contributed by atoms with E-state index in [0.29, 0.717) is 5.75 Å². The monoisotopic (exact) mass is 290 g/mol. The summed E-state index contributed by atoms with van der Waals surface area (Å²) in [5.74, 6) is 1.38. The van der Waals surface area contributed by atoms with Crippen molar-refractivity contribution in [3.8, 4) is 11.5 Å². The van der Waals surface area contributed by atoms with Crippen LogP contribution in [0.3, 0.4) is 0 Å². The average Bonchev–Trinajstić information content (AvgIpc) is 2.48. The lowest BCUT2D eigenvalue weighted by atomic mass is 10.1. The highest BCUT2D eigenvalue weighted by Crippen LogP contribution is 2.32. The van der Waals surface area contributed by atoms with Crippen molar-refractivity contribution in [2.24, 2.45) is 0 Å². The summed E-state index contributed by atoms with van der Waals surface area (Å²) < 4.78 is 10.6. The quantitative estimate of drug-likeness (QED) is 0.532. The number of benzene rings is 1. The van der Waals surface area contributed by atoms with Gasteiger partial charge in [-0.25, -0.2) is 0 Å². The van der Waals surface area contributed by atoms with Crippen LogP contribution in [0, 0.1) is 0 Å². The number of hydrogen-bond acceptors (Lipinski definition) is 4. The van der Waals surface area contributed by atoms with Gasteiger partial charge in [-0.3, -0.25) is 4.90 Å². The lowest BCUT2D eigenvalue weighted by Crippen LogP contribution is -2.25. The van der Waals surface area contributed by atoms with Gasteiger partial charge in [-0.05, 0) is 31.0 Å². The average molecular weight is 290 g/mol. The fourth-order valence-electron chi connectivity index (χ4n) is 2.27. The van der Waals surface area contributed by atoms with E-state index in [-0.39, 0.29) is 0 Å². The van der Waals surface area contributed by atoms with E-state index in [1.54, 1.807) is 14.2 Å². The number of anilines is 1. The van der Waals surface area contributed by atoms with Crippen molar-refractivity contribution in [2.75, 3.05) is 39.6 Å². The molecule has 0 atom stereocenters. The van der Waals surface area contributed by atoms with Crippen LogP contribution in [0.25, 0.3) is 0 Å². The van der Waals surface area contributed by atoms with Crippen LogP contribution >= 0.6 is 0 Å². The zero-order valence-corrected chi connectivity index (χ0v) is 13.1. The smallest absolute Gasteiger partial charge is 0.162 e. The third kappa shape index (κ3) is 5.16. The van der Waals surface area contributed by atoms with Crippen LogP contribution in [0.15, 0.2) is 37.4 Å². The molecule has 1 aromatic rings. The first-order valence-electron chi connectivity index (χ1n) is 7.10. The van der Waals surface area contributed by atoms with Gasteiger partial charge in [0.15, 0.2) is 11.5 Å². The summed E-state index contributed by atoms with van der Waals surface area (Å²) in [5, 5.41) is 0. The molecule has 0 aliphatic heterocycles. The second-order valence-corrected chi connectivity index (χ2v) is 4.85. The summed E-state index contributed by atoms with van der Waals surface area (Å²) in [5.41, 5.74) is 7.90. The van der Waals surface area contributed by atoms with Crippen LogP contribution in [-0.2, 0) is 6.42 Å². The Balaban J connectivity index is 2.66. The number of hydrogen-bond donors (Lipinski definition) is 1. The van der Waals surface area contributed by atoms with E-state index in [9.17, 15) is 0 Å². The zero-order valence-electron chi connectivity index (χ0n) is 13.1. The van der Waals surface area contributed by atoms with Gasteiger partial charge in [0.25, 0.3) is 0 Å². The van der Waals surface area contributed by atoms with Gasteiger partial charge < -0.3 is 15.2 Å². The number of rotatable bonds is 10. The Hall–Kier alpha value is -1.94. The molecule has 0 radical (unpaired) electrons. The summed E-state index contributed by atoms with van der Waals surface area (Å²) >= 11 is 0. The minimum atomic E-state index is 0.665. The van der Waals surface area contributed by atoms with Crippen LogP contribution in [0.2, 0.25) is 0 Å². The van der Waals surface area contributed by atoms with Gasteiger partial charge in [0.2, 0.25) is 0 Å². The topological polar surface area (TPSA) is 47.7 Å². The van der Waals surface area contributed by atoms with Gasteiger partial charge in [-0.1, -0.05) is 12.2 Å². The first kappa shape index (κ1) is 17.1. The summed E-state index contributed by atoms with van der Waals surface area (Å²) in [6.45, 7) is 10.3. The van der Waals surface area contributed by atoms with Gasteiger partial charge in [0.1, 0.15) is 0 Å². The lowest BCUT2D eigenvalue weighted by molar-refractivity contribution is 0.330. The normalized spacial score (nSPS) is 10.4. The summed E-state index contributed by atoms with van der Waals surface area (Å²) in [6, 6.07) is 3.78. The molecule has 4 heteroatoms. The Morgan fingerprint density at radius 1 is 1.10 bits per heavy atom. The molecule has 0 heterocycles. The predicted molar refractivity (Wildman–Crippen MR) is 89.1 cm³/mol. The molecule has 1 rings (SSSR count). The minimum Gasteiger partial charge on any atom is -0.493 e. The van der Waals surface area contributed by atoms with Gasteiger partial charge in [-0.2, -0.15) is 0 Å². The van der Waals surface area contributed by atoms with Crippen LogP contribution in [0.1, 0.15) is 12.0 Å². The van der Waals surface area contributed by atoms with Crippen LogP contribution in [0.4, 0.5) is 5.69 Å². The highest BCUT2D eigenvalue weighted by Gasteiger charge is 2.09. The molecule has 0 aromatic heterocycles. The van der Waals surface area contributed by atoms with Crippen molar-refractivity contribution in [3.05, 3.63) is 43.0 Å². The Morgan fingerprint density at radius 3 is 2.19 bits per heavy atom. The predicted octanol–water partition coefficient (Wildman–Crippen LogP) is 2.89. The molecule has 116 valence electrons. The number of methoxy groups -OCH3 is 2. The van der Waals surface area contributed by atoms with E-state index in [4.69, 9.17) is 15.2 Å². The third-order valence-corrected chi connectivity index (χ3v) is 3.34. The largest absolute Gasteiger partial charge is 0.493 e.